The Hall–Kier alpha value is -0.680. The van der Waals surface area contributed by atoms with Gasteiger partial charge in [-0.15, -0.1) is 0 Å². The number of imide groups is 1. The van der Waals surface area contributed by atoms with Crippen LogP contribution in [-0.2, 0) is 4.79 Å². The number of benzene rings is 1. The monoisotopic (exact) mass is 359 g/mol. The van der Waals surface area contributed by atoms with Crippen LogP contribution in [0.4, 0.5) is 0 Å². The molecule has 1 saturated heterocycles. The molecule has 0 spiro atoms. The van der Waals surface area contributed by atoms with E-state index in [0.29, 0.717) is 18.5 Å². The van der Waals surface area contributed by atoms with Crippen molar-refractivity contribution in [2.24, 2.45) is 0 Å². The van der Waals surface area contributed by atoms with E-state index in [1.165, 1.54) is 4.90 Å². The third-order valence-corrected chi connectivity index (χ3v) is 4.17. The molecule has 0 unspecified atom stereocenters. The first kappa shape index (κ1) is 12.8. The second-order valence-corrected chi connectivity index (χ2v) is 7.71. The van der Waals surface area contributed by atoms with Crippen LogP contribution in [0, 0.1) is 0 Å². The van der Waals surface area contributed by atoms with Gasteiger partial charge in [-0.2, -0.15) is 0 Å². The van der Waals surface area contributed by atoms with E-state index in [4.69, 9.17) is 0 Å². The van der Waals surface area contributed by atoms with Gasteiger partial charge in [0.05, 0.1) is 0 Å². The van der Waals surface area contributed by atoms with Crippen molar-refractivity contribution in [3.05, 3.63) is 35.9 Å². The molecule has 1 fully saturated rings. The van der Waals surface area contributed by atoms with Gasteiger partial charge in [-0.1, -0.05) is 50.1 Å². The fourth-order valence-electron chi connectivity index (χ4n) is 1.80. The van der Waals surface area contributed by atoms with Gasteiger partial charge < -0.3 is 0 Å². The largest absolute Gasteiger partial charge is 0.277 e. The van der Waals surface area contributed by atoms with E-state index >= 15 is 0 Å². The van der Waals surface area contributed by atoms with Crippen molar-refractivity contribution in [2.75, 3.05) is 6.54 Å². The van der Waals surface area contributed by atoms with Gasteiger partial charge in [0.1, 0.15) is 0 Å². The molecular formula is C12H11Br2NO2. The number of alkyl halides is 2. The van der Waals surface area contributed by atoms with Crippen LogP contribution in [-0.4, -0.2) is 26.5 Å². The summed E-state index contributed by atoms with van der Waals surface area (Å²) < 4.78 is -0.789. The molecule has 2 amide bonds. The maximum absolute atomic E-state index is 12.2. The Morgan fingerprint density at radius 1 is 1.24 bits per heavy atom. The van der Waals surface area contributed by atoms with Crippen molar-refractivity contribution in [2.45, 2.75) is 16.1 Å². The van der Waals surface area contributed by atoms with Gasteiger partial charge in [-0.05, 0) is 25.0 Å². The van der Waals surface area contributed by atoms with E-state index in [-0.39, 0.29) is 11.8 Å². The molecule has 1 aliphatic heterocycles. The fourth-order valence-corrected chi connectivity index (χ4v) is 2.78. The Balaban J connectivity index is 2.23. The lowest BCUT2D eigenvalue weighted by molar-refractivity contribution is -0.130. The molecule has 0 N–H and O–H groups in total. The first-order valence-electron chi connectivity index (χ1n) is 5.31. The third-order valence-electron chi connectivity index (χ3n) is 2.70. The standard InChI is InChI=1S/C12H11Br2NO2/c13-12(14)7-4-8-15(11(12)17)10(16)9-5-2-1-3-6-9/h1-3,5-6H,4,7-8H2. The topological polar surface area (TPSA) is 37.4 Å². The number of likely N-dealkylation sites (tertiary alicyclic amines) is 1. The van der Waals surface area contributed by atoms with Crippen LogP contribution in [0.3, 0.4) is 0 Å². The highest BCUT2D eigenvalue weighted by atomic mass is 79.9. The number of carbonyl (C=O) groups excluding carboxylic acids is 2. The van der Waals surface area contributed by atoms with Crippen molar-refractivity contribution >= 4 is 43.7 Å². The third kappa shape index (κ3) is 2.60. The summed E-state index contributed by atoms with van der Waals surface area (Å²) in [6, 6.07) is 8.85. The predicted molar refractivity (Wildman–Crippen MR) is 72.3 cm³/mol. The molecule has 2 rings (SSSR count). The minimum atomic E-state index is -0.789. The molecule has 0 bridgehead atoms. The number of hydrogen-bond donors (Lipinski definition) is 0. The molecule has 1 heterocycles. The van der Waals surface area contributed by atoms with Gasteiger partial charge >= 0.3 is 0 Å². The zero-order chi connectivity index (χ0) is 12.5. The lowest BCUT2D eigenvalue weighted by atomic mass is 10.1. The number of amides is 2. The zero-order valence-electron chi connectivity index (χ0n) is 9.03. The average Bonchev–Trinajstić information content (AvgIpc) is 2.33. The molecule has 1 aliphatic rings. The van der Waals surface area contributed by atoms with Crippen LogP contribution in [0.1, 0.15) is 23.2 Å². The molecule has 90 valence electrons. The highest BCUT2D eigenvalue weighted by Crippen LogP contribution is 2.37. The normalized spacial score (nSPS) is 19.2. The lowest BCUT2D eigenvalue weighted by Crippen LogP contribution is -2.49. The summed E-state index contributed by atoms with van der Waals surface area (Å²) in [6.45, 7) is 0.478. The van der Waals surface area contributed by atoms with Gasteiger partial charge in [0, 0.05) is 12.1 Å². The quantitative estimate of drug-likeness (QED) is 0.570. The first-order valence-corrected chi connectivity index (χ1v) is 6.90. The molecule has 0 saturated carbocycles. The van der Waals surface area contributed by atoms with E-state index in [9.17, 15) is 9.59 Å². The smallest absolute Gasteiger partial charge is 0.260 e. The van der Waals surface area contributed by atoms with Gasteiger partial charge in [-0.3, -0.25) is 14.5 Å². The van der Waals surface area contributed by atoms with Crippen molar-refractivity contribution in [1.82, 2.24) is 4.90 Å². The maximum Gasteiger partial charge on any atom is 0.260 e. The summed E-state index contributed by atoms with van der Waals surface area (Å²) in [5.74, 6) is -0.462. The summed E-state index contributed by atoms with van der Waals surface area (Å²) >= 11 is 6.62. The Kier molecular flexibility index (Phi) is 3.68. The van der Waals surface area contributed by atoms with Crippen LogP contribution in [0.25, 0.3) is 0 Å². The van der Waals surface area contributed by atoms with Crippen molar-refractivity contribution < 1.29 is 9.59 Å². The van der Waals surface area contributed by atoms with Gasteiger partial charge in [0.25, 0.3) is 11.8 Å². The molecular weight excluding hydrogens is 350 g/mol. The second-order valence-electron chi connectivity index (χ2n) is 3.94. The van der Waals surface area contributed by atoms with Crippen molar-refractivity contribution in [3.8, 4) is 0 Å². The summed E-state index contributed by atoms with van der Waals surface area (Å²) in [5.41, 5.74) is 0.540. The Morgan fingerprint density at radius 2 is 1.88 bits per heavy atom. The van der Waals surface area contributed by atoms with Gasteiger partial charge in [0.2, 0.25) is 0 Å². The highest BCUT2D eigenvalue weighted by Gasteiger charge is 2.42. The molecule has 0 aromatic heterocycles. The van der Waals surface area contributed by atoms with Gasteiger partial charge in [-0.25, -0.2) is 0 Å². The fraction of sp³-hybridized carbons (Fsp3) is 0.333. The zero-order valence-corrected chi connectivity index (χ0v) is 12.2. The highest BCUT2D eigenvalue weighted by molar-refractivity contribution is 9.25. The minimum absolute atomic E-state index is 0.224. The van der Waals surface area contributed by atoms with Crippen LogP contribution in [0.5, 0.6) is 0 Å². The molecule has 0 atom stereocenters. The van der Waals surface area contributed by atoms with Crippen LogP contribution in [0.15, 0.2) is 30.3 Å². The van der Waals surface area contributed by atoms with Crippen molar-refractivity contribution in [3.63, 3.8) is 0 Å². The lowest BCUT2D eigenvalue weighted by Gasteiger charge is -2.33. The summed E-state index contributed by atoms with van der Waals surface area (Å²) in [5, 5.41) is 0. The molecule has 0 radical (unpaired) electrons. The summed E-state index contributed by atoms with van der Waals surface area (Å²) in [4.78, 5) is 25.5. The van der Waals surface area contributed by atoms with Gasteiger partial charge in [0.15, 0.2) is 3.23 Å². The Bertz CT molecular complexity index is 445. The van der Waals surface area contributed by atoms with Crippen LogP contribution < -0.4 is 0 Å². The summed E-state index contributed by atoms with van der Waals surface area (Å²) in [6.07, 6.45) is 1.48. The van der Waals surface area contributed by atoms with E-state index in [1.54, 1.807) is 24.3 Å². The molecule has 1 aromatic carbocycles. The molecule has 17 heavy (non-hydrogen) atoms. The van der Waals surface area contributed by atoms with E-state index in [2.05, 4.69) is 31.9 Å². The van der Waals surface area contributed by atoms with Crippen LogP contribution >= 0.6 is 31.9 Å². The Morgan fingerprint density at radius 3 is 2.53 bits per heavy atom. The van der Waals surface area contributed by atoms with E-state index in [0.717, 1.165) is 6.42 Å². The van der Waals surface area contributed by atoms with E-state index in [1.807, 2.05) is 6.07 Å². The SMILES string of the molecule is O=C(c1ccccc1)N1CCCC(Br)(Br)C1=O. The first-order chi connectivity index (χ1) is 8.02. The number of piperidine rings is 1. The number of nitrogens with zero attached hydrogens (tertiary/aromatic N) is 1. The maximum atomic E-state index is 12.2. The molecule has 5 heteroatoms. The number of carbonyl (C=O) groups is 2. The molecule has 1 aromatic rings. The average molecular weight is 361 g/mol. The molecule has 3 nitrogen and oxygen atoms in total. The minimum Gasteiger partial charge on any atom is -0.277 e. The number of halogens is 2. The number of rotatable bonds is 1. The van der Waals surface area contributed by atoms with E-state index < -0.39 is 3.23 Å². The van der Waals surface area contributed by atoms with Crippen molar-refractivity contribution in [1.29, 1.82) is 0 Å². The summed E-state index contributed by atoms with van der Waals surface area (Å²) in [7, 11) is 0. The Labute approximate surface area is 116 Å². The van der Waals surface area contributed by atoms with Crippen LogP contribution in [0.2, 0.25) is 0 Å². The molecule has 0 aliphatic carbocycles. The number of hydrogen-bond acceptors (Lipinski definition) is 2. The predicted octanol–water partition coefficient (Wildman–Crippen LogP) is 2.94. The second kappa shape index (κ2) is 4.90.